The van der Waals surface area contributed by atoms with E-state index in [9.17, 15) is 9.59 Å². The third-order valence-electron chi connectivity index (χ3n) is 1.88. The summed E-state index contributed by atoms with van der Waals surface area (Å²) in [6.07, 6.45) is 5.82. The molecule has 1 unspecified atom stereocenters. The highest BCUT2D eigenvalue weighted by atomic mass is 16.4. The van der Waals surface area contributed by atoms with Gasteiger partial charge in [0.05, 0.1) is 6.54 Å². The van der Waals surface area contributed by atoms with E-state index in [4.69, 9.17) is 11.5 Å². The van der Waals surface area contributed by atoms with E-state index in [-0.39, 0.29) is 19.1 Å². The van der Waals surface area contributed by atoms with Crippen LogP contribution in [0, 0.1) is 12.3 Å². The highest BCUT2D eigenvalue weighted by Crippen LogP contribution is 1.93. The Morgan fingerprint density at radius 3 is 2.60 bits per heavy atom. The summed E-state index contributed by atoms with van der Waals surface area (Å²) >= 11 is 0. The first-order valence-corrected chi connectivity index (χ1v) is 4.72. The van der Waals surface area contributed by atoms with Gasteiger partial charge in [-0.2, -0.15) is 0 Å². The van der Waals surface area contributed by atoms with Crippen LogP contribution in [-0.4, -0.2) is 41.1 Å². The van der Waals surface area contributed by atoms with Crippen LogP contribution < -0.4 is 5.32 Å². The fourth-order valence-electron chi connectivity index (χ4n) is 0.877. The van der Waals surface area contributed by atoms with Crippen LogP contribution in [0.2, 0.25) is 0 Å². The van der Waals surface area contributed by atoms with Gasteiger partial charge in [-0.25, -0.2) is 4.79 Å². The predicted molar refractivity (Wildman–Crippen MR) is 56.3 cm³/mol. The molecule has 5 nitrogen and oxygen atoms in total. The number of carbonyl (C=O) groups is 2. The van der Waals surface area contributed by atoms with Gasteiger partial charge in [0, 0.05) is 6.04 Å². The molecule has 2 amide bonds. The fourth-order valence-corrected chi connectivity index (χ4v) is 0.877. The quantitative estimate of drug-likeness (QED) is 0.652. The second-order valence-electron chi connectivity index (χ2n) is 3.21. The molecule has 0 aromatic carbocycles. The smallest absolute Gasteiger partial charge is 0.323 e. The number of amides is 2. The molecule has 2 N–H and O–H groups in total. The van der Waals surface area contributed by atoms with Gasteiger partial charge in [-0.05, 0) is 13.3 Å². The Labute approximate surface area is 89.4 Å². The van der Waals surface area contributed by atoms with Gasteiger partial charge in [0.1, 0.15) is 6.54 Å². The zero-order chi connectivity index (χ0) is 11.8. The van der Waals surface area contributed by atoms with E-state index in [1.165, 1.54) is 0 Å². The molecule has 5 heteroatoms. The molecule has 0 aliphatic carbocycles. The van der Waals surface area contributed by atoms with Crippen molar-refractivity contribution in [1.29, 1.82) is 0 Å². The Morgan fingerprint density at radius 1 is 1.60 bits per heavy atom. The van der Waals surface area contributed by atoms with Gasteiger partial charge in [0.15, 0.2) is 0 Å². The first-order valence-electron chi connectivity index (χ1n) is 4.72. The molecule has 0 bridgehead atoms. The molecule has 0 spiro atoms. The SMILES string of the molecule is C#CCN(CC(=O)O)C(=O)NC(C)CC. The molecule has 1 atom stereocenters. The van der Waals surface area contributed by atoms with E-state index in [0.29, 0.717) is 0 Å². The maximum atomic E-state index is 11.5. The van der Waals surface area contributed by atoms with E-state index >= 15 is 0 Å². The molecule has 0 saturated carbocycles. The monoisotopic (exact) mass is 212 g/mol. The summed E-state index contributed by atoms with van der Waals surface area (Å²) in [7, 11) is 0. The molecule has 0 heterocycles. The normalized spacial score (nSPS) is 11.3. The Bertz CT molecular complexity index is 270. The van der Waals surface area contributed by atoms with Crippen LogP contribution in [0.5, 0.6) is 0 Å². The van der Waals surface area contributed by atoms with Crippen LogP contribution >= 0.6 is 0 Å². The van der Waals surface area contributed by atoms with Gasteiger partial charge in [-0.1, -0.05) is 12.8 Å². The third-order valence-corrected chi connectivity index (χ3v) is 1.88. The standard InChI is InChI=1S/C10H16N2O3/c1-4-6-12(7-9(13)14)10(15)11-8(3)5-2/h1,8H,5-7H2,2-3H3,(H,11,15)(H,13,14). The Morgan fingerprint density at radius 2 is 2.20 bits per heavy atom. The summed E-state index contributed by atoms with van der Waals surface area (Å²) in [6, 6.07) is -0.434. The van der Waals surface area contributed by atoms with Crippen molar-refractivity contribution in [3.8, 4) is 12.3 Å². The number of hydrogen-bond acceptors (Lipinski definition) is 2. The van der Waals surface area contributed by atoms with Gasteiger partial charge in [0.25, 0.3) is 0 Å². The van der Waals surface area contributed by atoms with Crippen LogP contribution in [0.15, 0.2) is 0 Å². The predicted octanol–water partition coefficient (Wildman–Crippen LogP) is 0.514. The zero-order valence-corrected chi connectivity index (χ0v) is 8.99. The minimum Gasteiger partial charge on any atom is -0.480 e. The van der Waals surface area contributed by atoms with Gasteiger partial charge < -0.3 is 15.3 Å². The van der Waals surface area contributed by atoms with Crippen molar-refractivity contribution < 1.29 is 14.7 Å². The lowest BCUT2D eigenvalue weighted by molar-refractivity contribution is -0.137. The van der Waals surface area contributed by atoms with Gasteiger partial charge in [0.2, 0.25) is 0 Å². The van der Waals surface area contributed by atoms with Crippen LogP contribution in [0.3, 0.4) is 0 Å². The molecule has 0 aliphatic rings. The molecule has 84 valence electrons. The number of rotatable bonds is 5. The average molecular weight is 212 g/mol. The number of nitrogens with zero attached hydrogens (tertiary/aromatic N) is 1. The molecule has 0 fully saturated rings. The Balaban J connectivity index is 4.29. The number of terminal acetylenes is 1. The summed E-state index contributed by atoms with van der Waals surface area (Å²) in [5, 5.41) is 11.2. The number of carboxylic acid groups (broad SMARTS) is 1. The van der Waals surface area contributed by atoms with Crippen molar-refractivity contribution in [3.63, 3.8) is 0 Å². The maximum absolute atomic E-state index is 11.5. The summed E-state index contributed by atoms with van der Waals surface area (Å²) in [5.74, 6) is 1.17. The van der Waals surface area contributed by atoms with Crippen LogP contribution in [0.1, 0.15) is 20.3 Å². The van der Waals surface area contributed by atoms with Crippen molar-refractivity contribution >= 4 is 12.0 Å². The number of urea groups is 1. The lowest BCUT2D eigenvalue weighted by Gasteiger charge is -2.21. The highest BCUT2D eigenvalue weighted by Gasteiger charge is 2.16. The van der Waals surface area contributed by atoms with E-state index < -0.39 is 12.0 Å². The largest absolute Gasteiger partial charge is 0.480 e. The van der Waals surface area contributed by atoms with Crippen molar-refractivity contribution in [1.82, 2.24) is 10.2 Å². The number of nitrogens with one attached hydrogen (secondary N) is 1. The second kappa shape index (κ2) is 6.71. The number of aliphatic carboxylic acids is 1. The Kier molecular flexibility index (Phi) is 5.95. The van der Waals surface area contributed by atoms with Crippen molar-refractivity contribution in [2.75, 3.05) is 13.1 Å². The van der Waals surface area contributed by atoms with Crippen molar-refractivity contribution in [2.24, 2.45) is 0 Å². The van der Waals surface area contributed by atoms with E-state index in [2.05, 4.69) is 11.2 Å². The highest BCUT2D eigenvalue weighted by molar-refractivity contribution is 5.80. The molecule has 0 aromatic rings. The van der Waals surface area contributed by atoms with E-state index in [0.717, 1.165) is 11.3 Å². The van der Waals surface area contributed by atoms with Gasteiger partial charge in [-0.3, -0.25) is 4.79 Å². The van der Waals surface area contributed by atoms with Crippen LogP contribution in [0.4, 0.5) is 4.79 Å². The lowest BCUT2D eigenvalue weighted by Crippen LogP contribution is -2.45. The van der Waals surface area contributed by atoms with Gasteiger partial charge >= 0.3 is 12.0 Å². The topological polar surface area (TPSA) is 69.6 Å². The summed E-state index contributed by atoms with van der Waals surface area (Å²) < 4.78 is 0. The molecular weight excluding hydrogens is 196 g/mol. The minimum atomic E-state index is -1.08. The molecule has 0 radical (unpaired) electrons. The van der Waals surface area contributed by atoms with E-state index in [1.807, 2.05) is 13.8 Å². The average Bonchev–Trinajstić information content (AvgIpc) is 2.16. The molecule has 0 aliphatic heterocycles. The summed E-state index contributed by atoms with van der Waals surface area (Å²) in [6.45, 7) is 3.38. The lowest BCUT2D eigenvalue weighted by atomic mass is 10.3. The fraction of sp³-hybridized carbons (Fsp3) is 0.600. The maximum Gasteiger partial charge on any atom is 0.323 e. The molecular formula is C10H16N2O3. The number of carboxylic acids is 1. The second-order valence-corrected chi connectivity index (χ2v) is 3.21. The van der Waals surface area contributed by atoms with Crippen LogP contribution in [-0.2, 0) is 4.79 Å². The minimum absolute atomic E-state index is 0.00539. The summed E-state index contributed by atoms with van der Waals surface area (Å²) in [5.41, 5.74) is 0. The Hall–Kier alpha value is -1.70. The number of hydrogen-bond donors (Lipinski definition) is 2. The molecule has 0 saturated heterocycles. The summed E-state index contributed by atoms with van der Waals surface area (Å²) in [4.78, 5) is 23.0. The molecule has 0 aromatic heterocycles. The first kappa shape index (κ1) is 13.3. The first-order chi connectivity index (χ1) is 7.01. The van der Waals surface area contributed by atoms with Crippen molar-refractivity contribution in [2.45, 2.75) is 26.3 Å². The zero-order valence-electron chi connectivity index (χ0n) is 8.99. The van der Waals surface area contributed by atoms with Gasteiger partial charge in [-0.15, -0.1) is 6.42 Å². The van der Waals surface area contributed by atoms with Crippen molar-refractivity contribution in [3.05, 3.63) is 0 Å². The number of carbonyl (C=O) groups excluding carboxylic acids is 1. The molecule has 15 heavy (non-hydrogen) atoms. The third kappa shape index (κ3) is 5.57. The molecule has 0 rings (SSSR count). The van der Waals surface area contributed by atoms with Crippen LogP contribution in [0.25, 0.3) is 0 Å². The van der Waals surface area contributed by atoms with E-state index in [1.54, 1.807) is 0 Å².